The zero-order chi connectivity index (χ0) is 19.8. The highest BCUT2D eigenvalue weighted by Gasteiger charge is 2.19. The normalized spacial score (nSPS) is 11.7. The van der Waals surface area contributed by atoms with Crippen molar-refractivity contribution in [2.45, 2.75) is 31.6 Å². The fourth-order valence-corrected chi connectivity index (χ4v) is 4.23. The van der Waals surface area contributed by atoms with Crippen LogP contribution in [0.2, 0.25) is 0 Å². The molecule has 2 aromatic carbocycles. The largest absolute Gasteiger partial charge is 0.285 e. The Bertz CT molecular complexity index is 1110. The van der Waals surface area contributed by atoms with Gasteiger partial charge in [0.05, 0.1) is 10.6 Å². The number of sulfonamides is 1. The number of para-hydroxylation sites is 1. The second kappa shape index (κ2) is 7.08. The Hall–Kier alpha value is -2.80. The lowest BCUT2D eigenvalue weighted by Gasteiger charge is -2.11. The van der Waals surface area contributed by atoms with Gasteiger partial charge in [-0.3, -0.25) is 14.2 Å². The van der Waals surface area contributed by atoms with Crippen molar-refractivity contribution in [1.29, 1.82) is 0 Å². The zero-order valence-corrected chi connectivity index (χ0v) is 16.6. The van der Waals surface area contributed by atoms with E-state index in [4.69, 9.17) is 0 Å². The van der Waals surface area contributed by atoms with Crippen molar-refractivity contribution in [2.24, 2.45) is 7.05 Å². The molecule has 27 heavy (non-hydrogen) atoms. The predicted molar refractivity (Wildman–Crippen MR) is 107 cm³/mol. The number of hydrogen-bond donors (Lipinski definition) is 1. The minimum atomic E-state index is -3.69. The summed E-state index contributed by atoms with van der Waals surface area (Å²) >= 11 is 0. The molecular weight excluding hydrogens is 362 g/mol. The van der Waals surface area contributed by atoms with Gasteiger partial charge in [0.25, 0.3) is 15.6 Å². The van der Waals surface area contributed by atoms with Crippen molar-refractivity contribution < 1.29 is 8.42 Å². The van der Waals surface area contributed by atoms with E-state index in [9.17, 15) is 13.2 Å². The second-order valence-corrected chi connectivity index (χ2v) is 8.44. The lowest BCUT2D eigenvalue weighted by atomic mass is 10.0. The van der Waals surface area contributed by atoms with Gasteiger partial charge < -0.3 is 0 Å². The Morgan fingerprint density at radius 3 is 2.07 bits per heavy atom. The Morgan fingerprint density at radius 2 is 1.56 bits per heavy atom. The molecule has 0 aliphatic rings. The van der Waals surface area contributed by atoms with Crippen LogP contribution in [0.3, 0.4) is 0 Å². The summed E-state index contributed by atoms with van der Waals surface area (Å²) in [5, 5.41) is 0. The number of rotatable bonds is 5. The lowest BCUT2D eigenvalue weighted by Crippen LogP contribution is -2.21. The molecule has 6 nitrogen and oxygen atoms in total. The Balaban J connectivity index is 1.97. The van der Waals surface area contributed by atoms with E-state index >= 15 is 0 Å². The number of nitrogens with one attached hydrogen (secondary N) is 1. The summed E-state index contributed by atoms with van der Waals surface area (Å²) < 4.78 is 31.0. The van der Waals surface area contributed by atoms with Gasteiger partial charge in [0.2, 0.25) is 0 Å². The van der Waals surface area contributed by atoms with Crippen LogP contribution in [0.15, 0.2) is 64.3 Å². The van der Waals surface area contributed by atoms with E-state index in [0.717, 1.165) is 11.3 Å². The molecule has 0 saturated heterocycles. The quantitative estimate of drug-likeness (QED) is 0.731. The van der Waals surface area contributed by atoms with Gasteiger partial charge >= 0.3 is 0 Å². The van der Waals surface area contributed by atoms with Crippen LogP contribution in [0.25, 0.3) is 5.69 Å². The first-order chi connectivity index (χ1) is 12.7. The highest BCUT2D eigenvalue weighted by molar-refractivity contribution is 7.92. The summed E-state index contributed by atoms with van der Waals surface area (Å²) in [4.78, 5) is 12.9. The van der Waals surface area contributed by atoms with Crippen LogP contribution in [0.1, 0.15) is 31.0 Å². The highest BCUT2D eigenvalue weighted by atomic mass is 32.2. The topological polar surface area (TPSA) is 73.1 Å². The zero-order valence-electron chi connectivity index (χ0n) is 15.8. The van der Waals surface area contributed by atoms with Gasteiger partial charge in [0.15, 0.2) is 0 Å². The third kappa shape index (κ3) is 3.55. The molecule has 0 aliphatic carbocycles. The Morgan fingerprint density at radius 1 is 0.963 bits per heavy atom. The van der Waals surface area contributed by atoms with Gasteiger partial charge in [-0.25, -0.2) is 13.1 Å². The van der Waals surface area contributed by atoms with Crippen molar-refractivity contribution in [2.75, 3.05) is 4.72 Å². The average Bonchev–Trinajstić information content (AvgIpc) is 2.84. The molecule has 0 radical (unpaired) electrons. The van der Waals surface area contributed by atoms with E-state index in [-0.39, 0.29) is 16.4 Å². The van der Waals surface area contributed by atoms with E-state index in [1.165, 1.54) is 12.1 Å². The fourth-order valence-electron chi connectivity index (χ4n) is 3.17. The van der Waals surface area contributed by atoms with Crippen molar-refractivity contribution in [3.05, 3.63) is 76.2 Å². The molecule has 1 N–H and O–H groups in total. The van der Waals surface area contributed by atoms with Crippen LogP contribution in [0.4, 0.5) is 5.69 Å². The summed E-state index contributed by atoms with van der Waals surface area (Å²) in [5.41, 5.74) is 2.70. The van der Waals surface area contributed by atoms with Crippen LogP contribution in [-0.2, 0) is 17.1 Å². The maximum absolute atomic E-state index is 12.8. The number of aromatic nitrogens is 2. The summed E-state index contributed by atoms with van der Waals surface area (Å²) in [6.07, 6.45) is 0. The smallest absolute Gasteiger partial charge is 0.275 e. The number of nitrogens with zero attached hydrogens (tertiary/aromatic N) is 2. The van der Waals surface area contributed by atoms with Crippen LogP contribution in [0, 0.1) is 6.92 Å². The fraction of sp³-hybridized carbons (Fsp3) is 0.250. The lowest BCUT2D eigenvalue weighted by molar-refractivity contribution is 0.601. The van der Waals surface area contributed by atoms with Crippen molar-refractivity contribution in [3.8, 4) is 5.69 Å². The predicted octanol–water partition coefficient (Wildman–Crippen LogP) is 3.41. The first-order valence-corrected chi connectivity index (χ1v) is 10.2. The van der Waals surface area contributed by atoms with Gasteiger partial charge in [0, 0.05) is 24.0 Å². The average molecular weight is 385 g/mol. The molecule has 7 heteroatoms. The Kier molecular flexibility index (Phi) is 4.97. The number of hydrogen-bond acceptors (Lipinski definition) is 3. The molecule has 3 rings (SSSR count). The van der Waals surface area contributed by atoms with Crippen LogP contribution < -0.4 is 10.3 Å². The molecule has 1 heterocycles. The molecule has 0 aliphatic heterocycles. The molecule has 142 valence electrons. The maximum Gasteiger partial charge on any atom is 0.275 e. The van der Waals surface area contributed by atoms with E-state index in [1.807, 2.05) is 33.9 Å². The summed E-state index contributed by atoms with van der Waals surface area (Å²) in [6, 6.07) is 15.0. The number of benzene rings is 2. The van der Waals surface area contributed by atoms with E-state index in [2.05, 4.69) is 4.72 Å². The molecule has 0 saturated carbocycles. The van der Waals surface area contributed by atoms with E-state index in [1.54, 1.807) is 45.8 Å². The molecule has 0 atom stereocenters. The second-order valence-electron chi connectivity index (χ2n) is 6.76. The summed E-state index contributed by atoms with van der Waals surface area (Å²) in [6.45, 7) is 5.88. The van der Waals surface area contributed by atoms with Crippen LogP contribution in [0.5, 0.6) is 0 Å². The minimum Gasteiger partial charge on any atom is -0.285 e. The molecule has 1 aromatic heterocycles. The van der Waals surface area contributed by atoms with Crippen LogP contribution >= 0.6 is 0 Å². The van der Waals surface area contributed by atoms with Gasteiger partial charge in [-0.1, -0.05) is 32.0 Å². The van der Waals surface area contributed by atoms with E-state index in [0.29, 0.717) is 11.4 Å². The first-order valence-electron chi connectivity index (χ1n) is 8.69. The third-order valence-corrected chi connectivity index (χ3v) is 5.99. The highest BCUT2D eigenvalue weighted by Crippen LogP contribution is 2.20. The van der Waals surface area contributed by atoms with Crippen LogP contribution in [-0.4, -0.2) is 17.8 Å². The van der Waals surface area contributed by atoms with Crippen molar-refractivity contribution in [1.82, 2.24) is 9.36 Å². The first kappa shape index (κ1) is 19.0. The van der Waals surface area contributed by atoms with Gasteiger partial charge in [-0.2, -0.15) is 0 Å². The van der Waals surface area contributed by atoms with Gasteiger partial charge in [0.1, 0.15) is 0 Å². The summed E-state index contributed by atoms with van der Waals surface area (Å²) in [7, 11) is -1.87. The molecule has 0 unspecified atom stereocenters. The molecule has 0 fully saturated rings. The van der Waals surface area contributed by atoms with E-state index < -0.39 is 10.0 Å². The molecule has 3 aromatic rings. The minimum absolute atomic E-state index is 0.0805. The third-order valence-electron chi connectivity index (χ3n) is 4.59. The molecule has 0 amide bonds. The molecular formula is C20H23N3O3S. The van der Waals surface area contributed by atoms with Gasteiger partial charge in [-0.05, 0) is 49.2 Å². The SMILES string of the molecule is Cc1c(C(C)C)c(=O)n(-c2ccc(S(=O)(=O)Nc3ccccc3)cc2)n1C. The monoisotopic (exact) mass is 385 g/mol. The van der Waals surface area contributed by atoms with Crippen molar-refractivity contribution in [3.63, 3.8) is 0 Å². The summed E-state index contributed by atoms with van der Waals surface area (Å²) in [5.74, 6) is 0.111. The van der Waals surface area contributed by atoms with Gasteiger partial charge in [-0.15, -0.1) is 0 Å². The molecule has 0 bridgehead atoms. The molecule has 0 spiro atoms. The standard InChI is InChI=1S/C20H23N3O3S/c1-14(2)19-15(3)22(4)23(20(19)24)17-10-12-18(13-11-17)27(25,26)21-16-8-6-5-7-9-16/h5-14,21H,1-4H3. The Labute approximate surface area is 159 Å². The maximum atomic E-state index is 12.8. The number of anilines is 1. The van der Waals surface area contributed by atoms with Crippen molar-refractivity contribution >= 4 is 15.7 Å².